The molecule has 0 aromatic rings. The molecule has 6 saturated heterocycles. The van der Waals surface area contributed by atoms with Crippen LogP contribution < -0.4 is 0 Å². The van der Waals surface area contributed by atoms with E-state index in [9.17, 15) is 9.13 Å². The fraction of sp³-hybridized carbons (Fsp3) is 1.00. The maximum absolute atomic E-state index is 14.0. The summed E-state index contributed by atoms with van der Waals surface area (Å²) in [5.41, 5.74) is 0. The molecule has 51 heavy (non-hydrogen) atoms. The molecule has 12 atom stereocenters. The van der Waals surface area contributed by atoms with Crippen LogP contribution in [0.15, 0.2) is 0 Å². The quantitative estimate of drug-likeness (QED) is 0.190. The SMILES string of the molecule is CCOP(=O)(CP(=O)(OCC)OCC[C@@H]1O[C@H]([C@@H]2COC(C)(C)O2)[C@@H]2OC(C)(C)O[C@@H]21)OCC[C@@H]1O[C@H]([C@@H]2COC(C)(C)O2)[C@@H]2OC(C)(C)O[C@@H]21. The number of ether oxygens (including phenoxy) is 10. The molecule has 0 spiro atoms. The molecule has 6 heterocycles. The highest BCUT2D eigenvalue weighted by Crippen LogP contribution is 2.64. The second-order valence-corrected chi connectivity index (χ2v) is 20.2. The van der Waals surface area contributed by atoms with Gasteiger partial charge in [0.15, 0.2) is 29.1 Å². The molecule has 296 valence electrons. The molecular formula is C33H58O16P2. The van der Waals surface area contributed by atoms with Crippen LogP contribution in [0.3, 0.4) is 0 Å². The Kier molecular flexibility index (Phi) is 12.0. The van der Waals surface area contributed by atoms with Crippen molar-refractivity contribution in [2.45, 2.75) is 166 Å². The van der Waals surface area contributed by atoms with Crippen LogP contribution in [-0.4, -0.2) is 130 Å². The smallest absolute Gasteiger partial charge is 0.342 e. The summed E-state index contributed by atoms with van der Waals surface area (Å²) in [6, 6.07) is 0. The molecule has 6 fully saturated rings. The van der Waals surface area contributed by atoms with Crippen LogP contribution in [0.5, 0.6) is 0 Å². The van der Waals surface area contributed by atoms with Gasteiger partial charge in [-0.15, -0.1) is 0 Å². The van der Waals surface area contributed by atoms with Gasteiger partial charge in [-0.25, -0.2) is 0 Å². The lowest BCUT2D eigenvalue weighted by molar-refractivity contribution is -0.207. The van der Waals surface area contributed by atoms with Gasteiger partial charge in [-0.1, -0.05) is 0 Å². The van der Waals surface area contributed by atoms with Crippen molar-refractivity contribution in [2.75, 3.05) is 45.5 Å². The fourth-order valence-corrected chi connectivity index (χ4v) is 12.4. The monoisotopic (exact) mass is 772 g/mol. The summed E-state index contributed by atoms with van der Waals surface area (Å²) in [6.07, 6.45) is -3.40. The summed E-state index contributed by atoms with van der Waals surface area (Å²) in [7, 11) is -7.93. The van der Waals surface area contributed by atoms with Crippen LogP contribution in [0.1, 0.15) is 82.1 Å². The molecule has 0 N–H and O–H groups in total. The van der Waals surface area contributed by atoms with E-state index in [2.05, 4.69) is 0 Å². The first-order chi connectivity index (χ1) is 23.7. The summed E-state index contributed by atoms with van der Waals surface area (Å²) >= 11 is 0. The summed E-state index contributed by atoms with van der Waals surface area (Å²) in [5.74, 6) is -3.67. The lowest BCUT2D eigenvalue weighted by atomic mass is 10.0. The third kappa shape index (κ3) is 9.48. The Morgan fingerprint density at radius 3 is 1.22 bits per heavy atom. The molecule has 6 rings (SSSR count). The van der Waals surface area contributed by atoms with Crippen molar-refractivity contribution in [2.24, 2.45) is 0 Å². The zero-order valence-corrected chi connectivity index (χ0v) is 33.4. The highest BCUT2D eigenvalue weighted by atomic mass is 31.2. The predicted molar refractivity (Wildman–Crippen MR) is 179 cm³/mol. The Hall–Kier alpha value is -0.100. The molecule has 2 unspecified atom stereocenters. The first-order valence-electron chi connectivity index (χ1n) is 18.2. The first-order valence-corrected chi connectivity index (χ1v) is 21.6. The Labute approximate surface area is 301 Å². The summed E-state index contributed by atoms with van der Waals surface area (Å²) in [6.45, 7) is 19.0. The number of rotatable bonds is 16. The number of fused-ring (bicyclic) bond motifs is 2. The molecule has 6 aliphatic heterocycles. The molecule has 6 aliphatic rings. The normalized spacial score (nSPS) is 41.4. The summed E-state index contributed by atoms with van der Waals surface area (Å²) < 4.78 is 112. The van der Waals surface area contributed by atoms with Crippen LogP contribution >= 0.6 is 15.2 Å². The van der Waals surface area contributed by atoms with Crippen molar-refractivity contribution in [3.8, 4) is 0 Å². The molecular weight excluding hydrogens is 714 g/mol. The van der Waals surface area contributed by atoms with Crippen LogP contribution in [-0.2, 0) is 74.6 Å². The van der Waals surface area contributed by atoms with E-state index in [-0.39, 0.29) is 50.8 Å². The van der Waals surface area contributed by atoms with Crippen molar-refractivity contribution in [3.05, 3.63) is 0 Å². The summed E-state index contributed by atoms with van der Waals surface area (Å²) in [5, 5.41) is 0. The van der Waals surface area contributed by atoms with E-state index in [4.69, 9.17) is 65.5 Å². The van der Waals surface area contributed by atoms with Gasteiger partial charge in [0.25, 0.3) is 0 Å². The predicted octanol–water partition coefficient (Wildman–Crippen LogP) is 5.09. The van der Waals surface area contributed by atoms with Crippen LogP contribution in [0.25, 0.3) is 0 Å². The average molecular weight is 773 g/mol. The van der Waals surface area contributed by atoms with E-state index in [1.54, 1.807) is 13.8 Å². The van der Waals surface area contributed by atoms with Gasteiger partial charge in [0.2, 0.25) is 0 Å². The van der Waals surface area contributed by atoms with Gasteiger partial charge in [0, 0.05) is 12.8 Å². The Bertz CT molecular complexity index is 1210. The van der Waals surface area contributed by atoms with Crippen molar-refractivity contribution < 1.29 is 74.6 Å². The van der Waals surface area contributed by atoms with E-state index >= 15 is 0 Å². The topological polar surface area (TPSA) is 163 Å². The molecule has 0 bridgehead atoms. The minimum absolute atomic E-state index is 0.0292. The van der Waals surface area contributed by atoms with Gasteiger partial charge >= 0.3 is 15.2 Å². The van der Waals surface area contributed by atoms with Crippen LogP contribution in [0.4, 0.5) is 0 Å². The maximum Gasteiger partial charge on any atom is 0.342 e. The van der Waals surface area contributed by atoms with Crippen LogP contribution in [0.2, 0.25) is 0 Å². The highest BCUT2D eigenvalue weighted by Gasteiger charge is 2.60. The minimum atomic E-state index is -3.96. The minimum Gasteiger partial charge on any atom is -0.366 e. The molecule has 18 heteroatoms. The molecule has 0 saturated carbocycles. The van der Waals surface area contributed by atoms with E-state index in [0.29, 0.717) is 26.1 Å². The lowest BCUT2D eigenvalue weighted by Crippen LogP contribution is -2.40. The van der Waals surface area contributed by atoms with Crippen molar-refractivity contribution in [3.63, 3.8) is 0 Å². The van der Waals surface area contributed by atoms with E-state index in [1.807, 2.05) is 55.4 Å². The third-order valence-corrected chi connectivity index (χ3v) is 14.8. The Morgan fingerprint density at radius 1 is 0.510 bits per heavy atom. The molecule has 0 radical (unpaired) electrons. The van der Waals surface area contributed by atoms with Gasteiger partial charge in [-0.3, -0.25) is 9.13 Å². The zero-order valence-electron chi connectivity index (χ0n) is 31.6. The standard InChI is InChI=1S/C33H58O16P2/c1-11-38-50(34,40-15-13-20-26-28(48-32(7,8)46-26)24(42-20)22-17-36-30(3,4)44-22)19-51(35,39-12-2)41-16-14-21-27-29(49-33(9,10)47-27)25(43-21)23-18-37-31(5,6)45-23/h20-29H,11-19H2,1-10H3/t20-,21-,22-,23-,24+,25+,26+,27+,28-,29-,50?,51?/m0/s1. The van der Waals surface area contributed by atoms with Crippen molar-refractivity contribution in [1.29, 1.82) is 0 Å². The Balaban J connectivity index is 1.05. The Morgan fingerprint density at radius 2 is 0.882 bits per heavy atom. The zero-order chi connectivity index (χ0) is 37.0. The van der Waals surface area contributed by atoms with Gasteiger partial charge in [-0.05, 0) is 69.2 Å². The second-order valence-electron chi connectivity index (χ2n) is 15.6. The van der Waals surface area contributed by atoms with Gasteiger partial charge in [0.1, 0.15) is 48.8 Å². The van der Waals surface area contributed by atoms with Crippen LogP contribution in [0, 0.1) is 0 Å². The van der Waals surface area contributed by atoms with E-state index in [0.717, 1.165) is 0 Å². The molecule has 0 amide bonds. The van der Waals surface area contributed by atoms with Crippen molar-refractivity contribution in [1.82, 2.24) is 0 Å². The van der Waals surface area contributed by atoms with E-state index < -0.39 is 80.9 Å². The molecule has 0 aromatic heterocycles. The summed E-state index contributed by atoms with van der Waals surface area (Å²) in [4.78, 5) is 0. The largest absolute Gasteiger partial charge is 0.366 e. The number of hydrogen-bond acceptors (Lipinski definition) is 16. The lowest BCUT2D eigenvalue weighted by Gasteiger charge is -2.28. The van der Waals surface area contributed by atoms with Gasteiger partial charge in [0.05, 0.1) is 51.8 Å². The number of hydrogen-bond donors (Lipinski definition) is 0. The maximum atomic E-state index is 14.0. The van der Waals surface area contributed by atoms with E-state index in [1.165, 1.54) is 0 Å². The van der Waals surface area contributed by atoms with Crippen molar-refractivity contribution >= 4 is 15.2 Å². The molecule has 0 aliphatic carbocycles. The second kappa shape index (κ2) is 15.1. The van der Waals surface area contributed by atoms with Gasteiger partial charge in [-0.2, -0.15) is 0 Å². The fourth-order valence-electron chi connectivity index (χ4n) is 7.71. The van der Waals surface area contributed by atoms with Gasteiger partial charge < -0.3 is 65.5 Å². The molecule has 0 aromatic carbocycles. The molecule has 16 nitrogen and oxygen atoms in total. The first kappa shape index (κ1) is 40.6. The average Bonchev–Trinajstić information content (AvgIpc) is 3.82. The highest BCUT2D eigenvalue weighted by molar-refractivity contribution is 7.71. The third-order valence-electron chi connectivity index (χ3n) is 9.54.